The number of amides is 6. The van der Waals surface area contributed by atoms with E-state index >= 15 is 0 Å². The fourth-order valence-electron chi connectivity index (χ4n) is 5.76. The van der Waals surface area contributed by atoms with Crippen LogP contribution in [0.2, 0.25) is 0 Å². The Balaban J connectivity index is 1.42. The molecule has 0 unspecified atom stereocenters. The number of carbonyl (C=O) groups excluding carboxylic acids is 6. The molecule has 0 radical (unpaired) electrons. The van der Waals surface area contributed by atoms with Crippen molar-refractivity contribution in [3.8, 4) is 5.75 Å². The zero-order valence-electron chi connectivity index (χ0n) is 29.6. The highest BCUT2D eigenvalue weighted by atomic mass is 32.1. The Hall–Kier alpha value is -5.24. The van der Waals surface area contributed by atoms with Gasteiger partial charge in [0.05, 0.1) is 13.0 Å². The van der Waals surface area contributed by atoms with E-state index < -0.39 is 35.2 Å². The van der Waals surface area contributed by atoms with Gasteiger partial charge in [0, 0.05) is 49.3 Å². The monoisotopic (exact) mass is 732 g/mol. The Morgan fingerprint density at radius 3 is 2.17 bits per heavy atom. The number of anilines is 1. The highest BCUT2D eigenvalue weighted by molar-refractivity contribution is 7.09. The molecule has 1 aliphatic rings. The van der Waals surface area contributed by atoms with E-state index in [1.165, 1.54) is 23.5 Å². The molecule has 1 fully saturated rings. The number of carbonyl (C=O) groups is 6. The summed E-state index contributed by atoms with van der Waals surface area (Å²) in [7, 11) is 0. The molecule has 4 rings (SSSR count). The highest BCUT2D eigenvalue weighted by Crippen LogP contribution is 2.25. The zero-order valence-corrected chi connectivity index (χ0v) is 30.4. The molecule has 52 heavy (non-hydrogen) atoms. The van der Waals surface area contributed by atoms with E-state index in [-0.39, 0.29) is 55.7 Å². The van der Waals surface area contributed by atoms with Crippen molar-refractivity contribution in [3.05, 3.63) is 82.0 Å². The summed E-state index contributed by atoms with van der Waals surface area (Å²) in [6.07, 6.45) is 2.91. The van der Waals surface area contributed by atoms with E-state index in [2.05, 4.69) is 31.9 Å². The minimum Gasteiger partial charge on any atom is -0.508 e. The first kappa shape index (κ1) is 39.5. The standard InChI is InChI=1S/C38H48N6O7S/c1-38(2)22-33(47)39-16-4-3-5-17-40-35(49)24-41-36(50)30(44-34(48)23-38)19-25-8-12-27(13-9-25)42-37(51)31(21-29-7-6-18-52-29)43-32(46)20-26-10-14-28(45)15-11-26/h6-15,18,30-31,45H,3-5,16-17,19-24H2,1-2H3,(H,39,47)(H,40,49)(H,41,50)(H,42,51)(H,43,46)(H,44,48)/t30-,31+/m1/s1. The first-order valence-corrected chi connectivity index (χ1v) is 18.3. The number of hydrogen-bond acceptors (Lipinski definition) is 8. The number of thiophene rings is 1. The van der Waals surface area contributed by atoms with Crippen molar-refractivity contribution >= 4 is 52.5 Å². The second-order valence-corrected chi connectivity index (χ2v) is 14.8. The number of nitrogens with one attached hydrogen (secondary N) is 6. The quantitative estimate of drug-likeness (QED) is 0.176. The number of aromatic hydroxyl groups is 1. The van der Waals surface area contributed by atoms with E-state index in [0.29, 0.717) is 36.3 Å². The van der Waals surface area contributed by atoms with Crippen molar-refractivity contribution in [2.75, 3.05) is 25.0 Å². The number of rotatable bonds is 9. The molecule has 0 spiro atoms. The van der Waals surface area contributed by atoms with Crippen LogP contribution in [0.15, 0.2) is 66.0 Å². The summed E-state index contributed by atoms with van der Waals surface area (Å²) in [5.41, 5.74) is 1.18. The predicted octanol–water partition coefficient (Wildman–Crippen LogP) is 2.73. The maximum atomic E-state index is 13.4. The van der Waals surface area contributed by atoms with Crippen LogP contribution in [0.3, 0.4) is 0 Å². The van der Waals surface area contributed by atoms with E-state index in [1.807, 2.05) is 31.4 Å². The molecular weight excluding hydrogens is 685 g/mol. The second-order valence-electron chi connectivity index (χ2n) is 13.8. The van der Waals surface area contributed by atoms with Crippen LogP contribution >= 0.6 is 11.3 Å². The Morgan fingerprint density at radius 2 is 1.50 bits per heavy atom. The van der Waals surface area contributed by atoms with Gasteiger partial charge in [-0.2, -0.15) is 0 Å². The van der Waals surface area contributed by atoms with Gasteiger partial charge in [0.15, 0.2) is 0 Å². The smallest absolute Gasteiger partial charge is 0.247 e. The van der Waals surface area contributed by atoms with Gasteiger partial charge in [-0.3, -0.25) is 28.8 Å². The van der Waals surface area contributed by atoms with Gasteiger partial charge < -0.3 is 37.0 Å². The van der Waals surface area contributed by atoms with Gasteiger partial charge in [0.1, 0.15) is 17.8 Å². The van der Waals surface area contributed by atoms with Crippen molar-refractivity contribution in [1.29, 1.82) is 0 Å². The van der Waals surface area contributed by atoms with Gasteiger partial charge in [0.2, 0.25) is 35.4 Å². The van der Waals surface area contributed by atoms with Gasteiger partial charge in [-0.1, -0.05) is 44.2 Å². The molecule has 3 aromatic rings. The molecule has 7 N–H and O–H groups in total. The molecule has 14 heteroatoms. The molecule has 0 saturated carbocycles. The first-order valence-electron chi connectivity index (χ1n) is 17.5. The van der Waals surface area contributed by atoms with Gasteiger partial charge in [-0.05, 0) is 71.5 Å². The summed E-state index contributed by atoms with van der Waals surface area (Å²) < 4.78 is 0. The lowest BCUT2D eigenvalue weighted by Crippen LogP contribution is -2.50. The lowest BCUT2D eigenvalue weighted by Gasteiger charge is -2.25. The molecule has 1 aromatic heterocycles. The molecule has 6 amide bonds. The van der Waals surface area contributed by atoms with Gasteiger partial charge in [-0.25, -0.2) is 0 Å². The molecule has 0 aliphatic carbocycles. The summed E-state index contributed by atoms with van der Waals surface area (Å²) in [5.74, 6) is -2.09. The van der Waals surface area contributed by atoms with Crippen molar-refractivity contribution in [2.45, 2.75) is 77.3 Å². The predicted molar refractivity (Wildman–Crippen MR) is 198 cm³/mol. The molecule has 13 nitrogen and oxygen atoms in total. The maximum absolute atomic E-state index is 13.4. The third-order valence-corrected chi connectivity index (χ3v) is 9.35. The molecule has 0 bridgehead atoms. The number of phenolic OH excluding ortho intramolecular Hbond substituents is 1. The van der Waals surface area contributed by atoms with E-state index in [4.69, 9.17) is 0 Å². The van der Waals surface area contributed by atoms with Crippen molar-refractivity contribution in [2.24, 2.45) is 5.41 Å². The van der Waals surface area contributed by atoms with Gasteiger partial charge in [0.25, 0.3) is 0 Å². The van der Waals surface area contributed by atoms with Gasteiger partial charge in [-0.15, -0.1) is 11.3 Å². The zero-order chi connectivity index (χ0) is 37.5. The van der Waals surface area contributed by atoms with Crippen molar-refractivity contribution in [3.63, 3.8) is 0 Å². The molecule has 1 saturated heterocycles. The highest BCUT2D eigenvalue weighted by Gasteiger charge is 2.29. The van der Waals surface area contributed by atoms with Crippen molar-refractivity contribution < 1.29 is 33.9 Å². The largest absolute Gasteiger partial charge is 0.508 e. The maximum Gasteiger partial charge on any atom is 0.247 e. The first-order chi connectivity index (χ1) is 24.8. The molecule has 1 aliphatic heterocycles. The van der Waals surface area contributed by atoms with Crippen LogP contribution in [0.4, 0.5) is 5.69 Å². The number of hydrogen-bond donors (Lipinski definition) is 7. The van der Waals surface area contributed by atoms with Crippen LogP contribution in [0.25, 0.3) is 0 Å². The van der Waals surface area contributed by atoms with Crippen LogP contribution in [-0.4, -0.2) is 72.3 Å². The Morgan fingerprint density at radius 1 is 0.846 bits per heavy atom. The van der Waals surface area contributed by atoms with Crippen LogP contribution in [0, 0.1) is 5.41 Å². The molecule has 278 valence electrons. The fourth-order valence-corrected chi connectivity index (χ4v) is 6.51. The molecular formula is C38H48N6O7S. The lowest BCUT2D eigenvalue weighted by molar-refractivity contribution is -0.131. The van der Waals surface area contributed by atoms with E-state index in [1.54, 1.807) is 36.4 Å². The van der Waals surface area contributed by atoms with Crippen LogP contribution in [0.5, 0.6) is 5.75 Å². The Bertz CT molecular complexity index is 1680. The SMILES string of the molecule is CC1(C)CC(=O)NCCCCCNC(=O)CNC(=O)[C@@H](Cc2ccc(NC(=O)[C@H](Cc3cccs3)NC(=O)Cc3ccc(O)cc3)cc2)NC(=O)C1. The number of benzene rings is 2. The second kappa shape index (κ2) is 19.4. The fraction of sp³-hybridized carbons (Fsp3) is 0.421. The summed E-state index contributed by atoms with van der Waals surface area (Å²) in [6.45, 7) is 4.37. The topological polar surface area (TPSA) is 195 Å². The third-order valence-electron chi connectivity index (χ3n) is 8.45. The Kier molecular flexibility index (Phi) is 14.7. The van der Waals surface area contributed by atoms with Crippen LogP contribution in [0.1, 0.15) is 62.0 Å². The lowest BCUT2D eigenvalue weighted by atomic mass is 9.84. The normalized spacial score (nSPS) is 18.3. The average Bonchev–Trinajstić information content (AvgIpc) is 3.60. The minimum atomic E-state index is -1.01. The summed E-state index contributed by atoms with van der Waals surface area (Å²) in [6, 6.07) is 15.0. The van der Waals surface area contributed by atoms with E-state index in [0.717, 1.165) is 24.1 Å². The third kappa shape index (κ3) is 13.8. The number of phenols is 1. The van der Waals surface area contributed by atoms with Gasteiger partial charge >= 0.3 is 0 Å². The minimum absolute atomic E-state index is 0.00771. The van der Waals surface area contributed by atoms with Crippen LogP contribution < -0.4 is 31.9 Å². The molecule has 2 atom stereocenters. The van der Waals surface area contributed by atoms with Crippen molar-refractivity contribution in [1.82, 2.24) is 26.6 Å². The van der Waals surface area contributed by atoms with Crippen LogP contribution in [-0.2, 0) is 48.0 Å². The molecule has 2 aromatic carbocycles. The summed E-state index contributed by atoms with van der Waals surface area (Å²) >= 11 is 1.48. The Labute approximate surface area is 307 Å². The summed E-state index contributed by atoms with van der Waals surface area (Å²) in [4.78, 5) is 78.6. The van der Waals surface area contributed by atoms with E-state index in [9.17, 15) is 33.9 Å². The summed E-state index contributed by atoms with van der Waals surface area (Å²) in [5, 5.41) is 28.2. The molecule has 2 heterocycles. The average molecular weight is 733 g/mol.